The van der Waals surface area contributed by atoms with Crippen molar-refractivity contribution < 1.29 is 14.3 Å². The van der Waals surface area contributed by atoms with Crippen LogP contribution in [0.15, 0.2) is 23.6 Å². The molecule has 0 radical (unpaired) electrons. The summed E-state index contributed by atoms with van der Waals surface area (Å²) in [6.45, 7) is 5.28. The van der Waals surface area contributed by atoms with Gasteiger partial charge in [0.05, 0.1) is 11.4 Å². The van der Waals surface area contributed by atoms with E-state index in [1.165, 1.54) is 24.2 Å². The van der Waals surface area contributed by atoms with Gasteiger partial charge in [0.25, 0.3) is 11.8 Å². The van der Waals surface area contributed by atoms with Gasteiger partial charge >= 0.3 is 0 Å². The van der Waals surface area contributed by atoms with E-state index >= 15 is 0 Å². The Balaban J connectivity index is 1.39. The van der Waals surface area contributed by atoms with Gasteiger partial charge in [0, 0.05) is 24.0 Å². The number of amides is 2. The van der Waals surface area contributed by atoms with Crippen LogP contribution in [0.1, 0.15) is 35.8 Å². The molecular weight excluding hydrogens is 364 g/mol. The fraction of sp³-hybridized carbons (Fsp3) is 0.421. The summed E-state index contributed by atoms with van der Waals surface area (Å²) in [5, 5.41) is 8.15. The fourth-order valence-corrected chi connectivity index (χ4v) is 4.18. The maximum atomic E-state index is 12.5. The monoisotopic (exact) mass is 386 g/mol. The first-order valence-corrected chi connectivity index (χ1v) is 9.99. The summed E-state index contributed by atoms with van der Waals surface area (Å²) in [4.78, 5) is 30.8. The maximum Gasteiger partial charge on any atom is 0.262 e. The number of thiazole rings is 1. The number of hydrogen-bond donors (Lipinski definition) is 2. The molecule has 1 saturated heterocycles. The van der Waals surface area contributed by atoms with Crippen molar-refractivity contribution in [1.29, 1.82) is 0 Å². The number of hydrogen-bond acceptors (Lipinski definition) is 6. The van der Waals surface area contributed by atoms with Gasteiger partial charge in [-0.25, -0.2) is 4.98 Å². The first-order chi connectivity index (χ1) is 13.1. The Morgan fingerprint density at radius 3 is 3.22 bits per heavy atom. The van der Waals surface area contributed by atoms with Gasteiger partial charge in [-0.3, -0.25) is 19.8 Å². The number of fused-ring (bicyclic) bond motifs is 1. The first kappa shape index (κ1) is 17.9. The third kappa shape index (κ3) is 4.28. The highest BCUT2D eigenvalue weighted by atomic mass is 32.1. The molecule has 4 rings (SSSR count). The molecule has 1 fully saturated rings. The summed E-state index contributed by atoms with van der Waals surface area (Å²) in [6.07, 6.45) is 2.53. The number of benzene rings is 1. The molecule has 0 bridgehead atoms. The lowest BCUT2D eigenvalue weighted by molar-refractivity contribution is -0.118. The molecule has 2 aliphatic heterocycles. The predicted molar refractivity (Wildman–Crippen MR) is 104 cm³/mol. The molecule has 0 saturated carbocycles. The Kier molecular flexibility index (Phi) is 5.09. The van der Waals surface area contributed by atoms with Crippen molar-refractivity contribution in [1.82, 2.24) is 9.88 Å². The van der Waals surface area contributed by atoms with Gasteiger partial charge < -0.3 is 10.1 Å². The maximum absolute atomic E-state index is 12.5. The molecule has 0 spiro atoms. The second-order valence-electron chi connectivity index (χ2n) is 7.13. The second kappa shape index (κ2) is 7.66. The highest BCUT2D eigenvalue weighted by Crippen LogP contribution is 2.29. The molecule has 8 heteroatoms. The minimum atomic E-state index is -0.245. The Labute approximate surface area is 161 Å². The molecule has 1 aromatic heterocycles. The van der Waals surface area contributed by atoms with Gasteiger partial charge in [-0.15, -0.1) is 11.3 Å². The van der Waals surface area contributed by atoms with E-state index in [0.717, 1.165) is 31.2 Å². The average molecular weight is 386 g/mol. The van der Waals surface area contributed by atoms with Crippen molar-refractivity contribution >= 4 is 34.0 Å². The SMILES string of the molecule is CC1CCCN(Cc2csc(NC(=O)c3ccc4c(c3)OCC(=O)N4)n2)C1. The van der Waals surface area contributed by atoms with E-state index in [1.54, 1.807) is 18.2 Å². The second-order valence-corrected chi connectivity index (χ2v) is 7.99. The number of carbonyl (C=O) groups is 2. The molecular formula is C19H22N4O3S. The molecule has 2 amide bonds. The molecule has 3 heterocycles. The zero-order chi connectivity index (χ0) is 18.8. The van der Waals surface area contributed by atoms with Crippen molar-refractivity contribution in [3.8, 4) is 5.75 Å². The van der Waals surface area contributed by atoms with Crippen LogP contribution in [0.4, 0.5) is 10.8 Å². The first-order valence-electron chi connectivity index (χ1n) is 9.11. The number of aromatic nitrogens is 1. The van der Waals surface area contributed by atoms with Crippen LogP contribution in [-0.2, 0) is 11.3 Å². The molecule has 1 aromatic carbocycles. The van der Waals surface area contributed by atoms with Gasteiger partial charge in [-0.05, 0) is 43.5 Å². The number of carbonyl (C=O) groups excluding carboxylic acids is 2. The lowest BCUT2D eigenvalue weighted by Gasteiger charge is -2.30. The minimum absolute atomic E-state index is 0.0387. The number of ether oxygens (including phenoxy) is 1. The highest BCUT2D eigenvalue weighted by Gasteiger charge is 2.20. The number of anilines is 2. The van der Waals surface area contributed by atoms with Crippen LogP contribution >= 0.6 is 11.3 Å². The molecule has 142 valence electrons. The molecule has 2 aromatic rings. The molecule has 1 unspecified atom stereocenters. The average Bonchev–Trinajstić information content (AvgIpc) is 3.08. The largest absolute Gasteiger partial charge is 0.482 e. The van der Waals surface area contributed by atoms with Crippen LogP contribution in [0.2, 0.25) is 0 Å². The van der Waals surface area contributed by atoms with Gasteiger partial charge in [-0.1, -0.05) is 6.92 Å². The van der Waals surface area contributed by atoms with Crippen LogP contribution in [-0.4, -0.2) is 41.4 Å². The third-order valence-electron chi connectivity index (χ3n) is 4.78. The third-order valence-corrected chi connectivity index (χ3v) is 5.58. The van der Waals surface area contributed by atoms with Crippen molar-refractivity contribution in [2.24, 2.45) is 5.92 Å². The molecule has 27 heavy (non-hydrogen) atoms. The van der Waals surface area contributed by atoms with Crippen molar-refractivity contribution in [3.63, 3.8) is 0 Å². The Morgan fingerprint density at radius 2 is 2.37 bits per heavy atom. The number of likely N-dealkylation sites (tertiary alicyclic amines) is 1. The Morgan fingerprint density at radius 1 is 1.48 bits per heavy atom. The van der Waals surface area contributed by atoms with Crippen molar-refractivity contribution in [3.05, 3.63) is 34.8 Å². The van der Waals surface area contributed by atoms with E-state index in [2.05, 4.69) is 27.4 Å². The summed E-state index contributed by atoms with van der Waals surface area (Å²) in [6, 6.07) is 4.96. The summed E-state index contributed by atoms with van der Waals surface area (Å²) in [5.74, 6) is 0.790. The van der Waals surface area contributed by atoms with E-state index in [-0.39, 0.29) is 18.4 Å². The topological polar surface area (TPSA) is 83.6 Å². The van der Waals surface area contributed by atoms with E-state index in [9.17, 15) is 9.59 Å². The van der Waals surface area contributed by atoms with E-state index in [1.807, 2.05) is 5.38 Å². The van der Waals surface area contributed by atoms with E-state index in [0.29, 0.717) is 22.1 Å². The quantitative estimate of drug-likeness (QED) is 0.844. The molecule has 7 nitrogen and oxygen atoms in total. The van der Waals surface area contributed by atoms with Gasteiger partial charge in [0.2, 0.25) is 0 Å². The summed E-state index contributed by atoms with van der Waals surface area (Å²) in [7, 11) is 0. The van der Waals surface area contributed by atoms with Crippen molar-refractivity contribution in [2.75, 3.05) is 30.3 Å². The van der Waals surface area contributed by atoms with E-state index in [4.69, 9.17) is 4.74 Å². The molecule has 2 aliphatic rings. The fourth-order valence-electron chi connectivity index (χ4n) is 3.48. The van der Waals surface area contributed by atoms with E-state index < -0.39 is 0 Å². The standard InChI is InChI=1S/C19H22N4O3S/c1-12-3-2-6-23(8-12)9-14-11-27-19(20-14)22-18(25)13-4-5-15-16(7-13)26-10-17(24)21-15/h4-5,7,11-12H,2-3,6,8-10H2,1H3,(H,21,24)(H,20,22,25). The molecule has 1 atom stereocenters. The van der Waals surface area contributed by atoms with Crippen LogP contribution in [0.5, 0.6) is 5.75 Å². The van der Waals surface area contributed by atoms with Gasteiger partial charge in [-0.2, -0.15) is 0 Å². The summed E-state index contributed by atoms with van der Waals surface area (Å²) >= 11 is 1.43. The number of rotatable bonds is 4. The zero-order valence-electron chi connectivity index (χ0n) is 15.2. The van der Waals surface area contributed by atoms with Gasteiger partial charge in [0.15, 0.2) is 11.7 Å². The predicted octanol–water partition coefficient (Wildman–Crippen LogP) is 2.96. The molecule has 0 aliphatic carbocycles. The lowest BCUT2D eigenvalue weighted by Crippen LogP contribution is -2.33. The summed E-state index contributed by atoms with van der Waals surface area (Å²) < 4.78 is 5.36. The Bertz CT molecular complexity index is 866. The lowest BCUT2D eigenvalue weighted by atomic mass is 10.0. The number of nitrogens with zero attached hydrogens (tertiary/aromatic N) is 2. The van der Waals surface area contributed by atoms with Crippen LogP contribution < -0.4 is 15.4 Å². The highest BCUT2D eigenvalue weighted by molar-refractivity contribution is 7.14. The zero-order valence-corrected chi connectivity index (χ0v) is 16.0. The normalized spacial score (nSPS) is 19.7. The van der Waals surface area contributed by atoms with Crippen LogP contribution in [0.3, 0.4) is 0 Å². The Hall–Kier alpha value is -2.45. The molecule has 2 N–H and O–H groups in total. The van der Waals surface area contributed by atoms with Crippen molar-refractivity contribution in [2.45, 2.75) is 26.3 Å². The van der Waals surface area contributed by atoms with Crippen LogP contribution in [0.25, 0.3) is 0 Å². The smallest absolute Gasteiger partial charge is 0.262 e. The van der Waals surface area contributed by atoms with Crippen LogP contribution in [0, 0.1) is 5.92 Å². The minimum Gasteiger partial charge on any atom is -0.482 e. The number of nitrogens with one attached hydrogen (secondary N) is 2. The van der Waals surface area contributed by atoms with Gasteiger partial charge in [0.1, 0.15) is 5.75 Å². The summed E-state index contributed by atoms with van der Waals surface area (Å²) in [5.41, 5.74) is 2.03. The number of piperidine rings is 1.